The lowest BCUT2D eigenvalue weighted by Gasteiger charge is -2.27. The second kappa shape index (κ2) is 6.52. The van der Waals surface area contributed by atoms with E-state index in [1.54, 1.807) is 23.2 Å². The van der Waals surface area contributed by atoms with Crippen LogP contribution in [0.5, 0.6) is 5.75 Å². The Morgan fingerprint density at radius 1 is 1.32 bits per heavy atom. The molecule has 4 N–H and O–H groups in total. The summed E-state index contributed by atoms with van der Waals surface area (Å²) in [6.45, 7) is 1.98. The summed E-state index contributed by atoms with van der Waals surface area (Å²) in [5.41, 5.74) is 10.6. The molecule has 0 aliphatic heterocycles. The van der Waals surface area contributed by atoms with Crippen LogP contribution in [0.2, 0.25) is 0 Å². The van der Waals surface area contributed by atoms with Gasteiger partial charge in [-0.05, 0) is 49.9 Å². The molecule has 0 spiro atoms. The van der Waals surface area contributed by atoms with Crippen molar-refractivity contribution in [1.82, 2.24) is 29.8 Å². The first-order valence-corrected chi connectivity index (χ1v) is 9.22. The van der Waals surface area contributed by atoms with Crippen LogP contribution in [0.4, 0.5) is 17.3 Å². The number of nitrogen functional groups attached to an aromatic ring is 1. The molecule has 1 saturated carbocycles. The van der Waals surface area contributed by atoms with Crippen LogP contribution in [-0.2, 0) is 0 Å². The molecule has 28 heavy (non-hydrogen) atoms. The van der Waals surface area contributed by atoms with Gasteiger partial charge in [0, 0.05) is 23.1 Å². The van der Waals surface area contributed by atoms with E-state index in [9.17, 15) is 0 Å². The number of nitrogens with one attached hydrogen (secondary N) is 2. The molecule has 0 atom stereocenters. The summed E-state index contributed by atoms with van der Waals surface area (Å²) in [6, 6.07) is 5.66. The van der Waals surface area contributed by atoms with Crippen molar-refractivity contribution in [2.24, 2.45) is 0 Å². The minimum absolute atomic E-state index is 0.186. The number of ether oxygens (including phenoxy) is 1. The SMILES string of the molecule is Cc1cc(N)ccc1Nc1nc2c(OC3CCC3)c(-c3cn[nH]c3)ncn2n1. The van der Waals surface area contributed by atoms with E-state index in [-0.39, 0.29) is 6.10 Å². The van der Waals surface area contributed by atoms with Crippen LogP contribution in [-0.4, -0.2) is 35.9 Å². The Balaban J connectivity index is 1.57. The molecule has 9 nitrogen and oxygen atoms in total. The predicted molar refractivity (Wildman–Crippen MR) is 106 cm³/mol. The van der Waals surface area contributed by atoms with Gasteiger partial charge < -0.3 is 15.8 Å². The van der Waals surface area contributed by atoms with E-state index in [4.69, 9.17) is 10.5 Å². The Morgan fingerprint density at radius 2 is 2.21 bits per heavy atom. The van der Waals surface area contributed by atoms with Crippen molar-refractivity contribution in [3.63, 3.8) is 0 Å². The molecule has 0 radical (unpaired) electrons. The smallest absolute Gasteiger partial charge is 0.247 e. The number of hydrogen-bond acceptors (Lipinski definition) is 7. The van der Waals surface area contributed by atoms with Crippen LogP contribution in [0.25, 0.3) is 16.9 Å². The topological polar surface area (TPSA) is 119 Å². The third-order valence-electron chi connectivity index (χ3n) is 4.95. The van der Waals surface area contributed by atoms with E-state index >= 15 is 0 Å². The van der Waals surface area contributed by atoms with Gasteiger partial charge in [0.1, 0.15) is 12.0 Å². The molecule has 142 valence electrons. The Labute approximate surface area is 161 Å². The zero-order valence-corrected chi connectivity index (χ0v) is 15.4. The molecular formula is C19H20N8O. The quantitative estimate of drug-likeness (QED) is 0.458. The fourth-order valence-corrected chi connectivity index (χ4v) is 3.19. The van der Waals surface area contributed by atoms with Gasteiger partial charge in [0.2, 0.25) is 11.6 Å². The molecule has 4 aromatic rings. The van der Waals surface area contributed by atoms with E-state index < -0.39 is 0 Å². The standard InChI is InChI=1S/C19H20N8O/c1-11-7-13(20)5-6-15(11)24-19-25-18-17(28-14-3-2-4-14)16(12-8-22-23-9-12)21-10-27(18)26-19/h5-10,14H,2-4,20H2,1H3,(H,22,23)(H,24,26). The lowest BCUT2D eigenvalue weighted by molar-refractivity contribution is 0.121. The highest BCUT2D eigenvalue weighted by Gasteiger charge is 2.25. The fraction of sp³-hybridized carbons (Fsp3) is 0.263. The molecule has 0 amide bonds. The normalized spacial score (nSPS) is 14.2. The van der Waals surface area contributed by atoms with Crippen molar-refractivity contribution in [3.05, 3.63) is 42.5 Å². The van der Waals surface area contributed by atoms with Crippen LogP contribution in [0.3, 0.4) is 0 Å². The lowest BCUT2D eigenvalue weighted by atomic mass is 9.96. The minimum atomic E-state index is 0.186. The highest BCUT2D eigenvalue weighted by Crippen LogP contribution is 2.35. The maximum absolute atomic E-state index is 6.25. The first-order valence-electron chi connectivity index (χ1n) is 9.22. The first-order chi connectivity index (χ1) is 13.7. The van der Waals surface area contributed by atoms with Crippen LogP contribution < -0.4 is 15.8 Å². The zero-order chi connectivity index (χ0) is 19.1. The Bertz CT molecular complexity index is 1130. The summed E-state index contributed by atoms with van der Waals surface area (Å²) in [4.78, 5) is 9.21. The van der Waals surface area contributed by atoms with Crippen LogP contribution in [0, 0.1) is 6.92 Å². The van der Waals surface area contributed by atoms with Crippen molar-refractivity contribution in [1.29, 1.82) is 0 Å². The molecular weight excluding hydrogens is 356 g/mol. The van der Waals surface area contributed by atoms with Gasteiger partial charge in [0.05, 0.1) is 12.3 Å². The highest BCUT2D eigenvalue weighted by molar-refractivity contribution is 5.74. The number of anilines is 3. The van der Waals surface area contributed by atoms with Crippen LogP contribution in [0.15, 0.2) is 36.9 Å². The van der Waals surface area contributed by atoms with Crippen LogP contribution >= 0.6 is 0 Å². The average molecular weight is 376 g/mol. The molecule has 0 unspecified atom stereocenters. The Kier molecular flexibility index (Phi) is 3.85. The molecule has 1 aliphatic carbocycles. The average Bonchev–Trinajstić information content (AvgIpc) is 3.29. The first kappa shape index (κ1) is 16.5. The number of hydrogen-bond donors (Lipinski definition) is 3. The largest absolute Gasteiger partial charge is 0.484 e. The highest BCUT2D eigenvalue weighted by atomic mass is 16.5. The molecule has 1 aliphatic rings. The molecule has 0 bridgehead atoms. The van der Waals surface area contributed by atoms with Crippen molar-refractivity contribution in [2.45, 2.75) is 32.3 Å². The monoisotopic (exact) mass is 376 g/mol. The fourth-order valence-electron chi connectivity index (χ4n) is 3.19. The second-order valence-corrected chi connectivity index (χ2v) is 6.98. The number of rotatable bonds is 5. The molecule has 5 rings (SSSR count). The van der Waals surface area contributed by atoms with E-state index in [1.807, 2.05) is 25.1 Å². The summed E-state index contributed by atoms with van der Waals surface area (Å²) in [5.74, 6) is 1.10. The molecule has 0 saturated heterocycles. The molecule has 3 heterocycles. The van der Waals surface area contributed by atoms with Gasteiger partial charge in [0.25, 0.3) is 0 Å². The van der Waals surface area contributed by atoms with Gasteiger partial charge in [-0.3, -0.25) is 5.10 Å². The van der Waals surface area contributed by atoms with Crippen molar-refractivity contribution >= 4 is 23.0 Å². The number of nitrogens with two attached hydrogens (primary N) is 1. The van der Waals surface area contributed by atoms with E-state index in [0.717, 1.165) is 35.3 Å². The van der Waals surface area contributed by atoms with Gasteiger partial charge in [-0.25, -0.2) is 4.98 Å². The van der Waals surface area contributed by atoms with E-state index in [1.165, 1.54) is 6.42 Å². The molecule has 1 fully saturated rings. The lowest BCUT2D eigenvalue weighted by Crippen LogP contribution is -2.25. The van der Waals surface area contributed by atoms with Gasteiger partial charge in [-0.1, -0.05) is 0 Å². The summed E-state index contributed by atoms with van der Waals surface area (Å²) in [5, 5.41) is 14.6. The number of aromatic nitrogens is 6. The summed E-state index contributed by atoms with van der Waals surface area (Å²) in [7, 11) is 0. The number of aromatic amines is 1. The van der Waals surface area contributed by atoms with E-state index in [2.05, 4.69) is 30.6 Å². The van der Waals surface area contributed by atoms with Crippen molar-refractivity contribution in [2.75, 3.05) is 11.1 Å². The molecule has 3 aromatic heterocycles. The number of nitrogens with zero attached hydrogens (tertiary/aromatic N) is 5. The zero-order valence-electron chi connectivity index (χ0n) is 15.4. The summed E-state index contributed by atoms with van der Waals surface area (Å²) < 4.78 is 7.88. The van der Waals surface area contributed by atoms with Gasteiger partial charge in [-0.15, -0.1) is 5.10 Å². The maximum Gasteiger partial charge on any atom is 0.247 e. The predicted octanol–water partition coefficient (Wildman–Crippen LogP) is 3.08. The third-order valence-corrected chi connectivity index (χ3v) is 4.95. The Morgan fingerprint density at radius 3 is 2.93 bits per heavy atom. The summed E-state index contributed by atoms with van der Waals surface area (Å²) >= 11 is 0. The van der Waals surface area contributed by atoms with Crippen LogP contribution in [0.1, 0.15) is 24.8 Å². The van der Waals surface area contributed by atoms with E-state index in [0.29, 0.717) is 23.0 Å². The number of fused-ring (bicyclic) bond motifs is 1. The third kappa shape index (κ3) is 2.90. The number of H-pyrrole nitrogens is 1. The van der Waals surface area contributed by atoms with Crippen molar-refractivity contribution < 1.29 is 4.74 Å². The Hall–Kier alpha value is -3.62. The van der Waals surface area contributed by atoms with Gasteiger partial charge in [0.15, 0.2) is 5.75 Å². The van der Waals surface area contributed by atoms with Gasteiger partial charge in [-0.2, -0.15) is 14.6 Å². The maximum atomic E-state index is 6.25. The minimum Gasteiger partial charge on any atom is -0.484 e. The number of aryl methyl sites for hydroxylation is 1. The summed E-state index contributed by atoms with van der Waals surface area (Å²) in [6.07, 6.45) is 8.59. The van der Waals surface area contributed by atoms with Crippen molar-refractivity contribution in [3.8, 4) is 17.0 Å². The number of benzene rings is 1. The van der Waals surface area contributed by atoms with Gasteiger partial charge >= 0.3 is 0 Å². The second-order valence-electron chi connectivity index (χ2n) is 6.98. The molecule has 9 heteroatoms. The molecule has 1 aromatic carbocycles.